The second kappa shape index (κ2) is 9.30. The molecule has 8 nitrogen and oxygen atoms in total. The lowest BCUT2D eigenvalue weighted by Crippen LogP contribution is -2.50. The molecule has 0 radical (unpaired) electrons. The molecule has 3 N–H and O–H groups in total. The van der Waals surface area contributed by atoms with Crippen LogP contribution in [0.1, 0.15) is 40.0 Å². The summed E-state index contributed by atoms with van der Waals surface area (Å²) < 4.78 is 67.9. The Morgan fingerprint density at radius 1 is 1.24 bits per heavy atom. The summed E-state index contributed by atoms with van der Waals surface area (Å²) in [4.78, 5) is 6.09. The fourth-order valence-electron chi connectivity index (χ4n) is 4.59. The topological polar surface area (TPSA) is 108 Å². The number of sulfonamides is 1. The van der Waals surface area contributed by atoms with E-state index in [4.69, 9.17) is 5.73 Å². The molecular formula is C21H31F3N4O4S. The summed E-state index contributed by atoms with van der Waals surface area (Å²) in [5.74, 6) is 0.266. The van der Waals surface area contributed by atoms with Gasteiger partial charge in [0.1, 0.15) is 11.3 Å². The maximum atomic E-state index is 12.9. The minimum atomic E-state index is -4.84. The monoisotopic (exact) mass is 492 g/mol. The molecule has 0 aliphatic carbocycles. The Bertz CT molecular complexity index is 961. The van der Waals surface area contributed by atoms with Gasteiger partial charge in [0.05, 0.1) is 4.90 Å². The smallest absolute Gasteiger partial charge is 0.406 e. The van der Waals surface area contributed by atoms with Crippen LogP contribution in [-0.4, -0.2) is 66.5 Å². The number of nitrogens with two attached hydrogens (primary N) is 1. The van der Waals surface area contributed by atoms with Gasteiger partial charge in [-0.25, -0.2) is 13.4 Å². The molecular weight excluding hydrogens is 461 g/mol. The molecule has 1 aromatic rings. The molecule has 0 bridgehead atoms. The normalized spacial score (nSPS) is 25.5. The van der Waals surface area contributed by atoms with E-state index < -0.39 is 33.9 Å². The second-order valence-corrected chi connectivity index (χ2v) is 11.3. The molecule has 2 atom stereocenters. The molecule has 1 saturated heterocycles. The van der Waals surface area contributed by atoms with Crippen molar-refractivity contribution in [1.29, 1.82) is 0 Å². The number of halogens is 3. The number of ether oxygens (including phenoxy) is 1. The first-order chi connectivity index (χ1) is 15.2. The number of guanidine groups is 1. The van der Waals surface area contributed by atoms with Gasteiger partial charge < -0.3 is 20.5 Å². The van der Waals surface area contributed by atoms with Gasteiger partial charge in [0.25, 0.3) is 0 Å². The average molecular weight is 493 g/mol. The van der Waals surface area contributed by atoms with Crippen LogP contribution in [0.2, 0.25) is 0 Å². The molecule has 12 heteroatoms. The Hall–Kier alpha value is -2.05. The van der Waals surface area contributed by atoms with Crippen molar-refractivity contribution in [3.05, 3.63) is 24.3 Å². The highest BCUT2D eigenvalue weighted by molar-refractivity contribution is 7.89. The number of nitrogens with zero attached hydrogens (tertiary/aromatic N) is 3. The van der Waals surface area contributed by atoms with Crippen molar-refractivity contribution in [2.45, 2.75) is 63.1 Å². The zero-order valence-corrected chi connectivity index (χ0v) is 19.7. The lowest BCUT2D eigenvalue weighted by molar-refractivity contribution is -0.274. The first-order valence-electron chi connectivity index (χ1n) is 10.9. The fourth-order valence-corrected chi connectivity index (χ4v) is 6.06. The Balaban J connectivity index is 1.59. The summed E-state index contributed by atoms with van der Waals surface area (Å²) in [6.07, 6.45) is -3.86. The maximum absolute atomic E-state index is 12.9. The highest BCUT2D eigenvalue weighted by atomic mass is 32.2. The molecule has 2 aliphatic rings. The van der Waals surface area contributed by atoms with E-state index >= 15 is 0 Å². The number of aliphatic hydroxyl groups is 1. The van der Waals surface area contributed by atoms with Crippen LogP contribution in [0, 0.1) is 11.8 Å². The summed E-state index contributed by atoms with van der Waals surface area (Å²) in [6.45, 7) is 6.99. The SMILES string of the molecule is CC(C)CC1(C)N=C(N)N(CC2CCN(S(=O)(=O)c3ccc(OC(F)(F)F)cc3)CC2)C1O. The number of aliphatic imine (C=N–C) groups is 1. The number of alkyl halides is 3. The van der Waals surface area contributed by atoms with E-state index in [2.05, 4.69) is 23.6 Å². The van der Waals surface area contributed by atoms with Crippen molar-refractivity contribution in [2.75, 3.05) is 19.6 Å². The molecule has 0 spiro atoms. The van der Waals surface area contributed by atoms with Gasteiger partial charge in [-0.15, -0.1) is 13.2 Å². The molecule has 0 aromatic heterocycles. The highest BCUT2D eigenvalue weighted by Crippen LogP contribution is 2.34. The lowest BCUT2D eigenvalue weighted by Gasteiger charge is -2.36. The van der Waals surface area contributed by atoms with Crippen LogP contribution in [-0.2, 0) is 10.0 Å². The number of rotatable bonds is 7. The number of aliphatic hydroxyl groups excluding tert-OH is 1. The second-order valence-electron chi connectivity index (χ2n) is 9.32. The molecule has 3 rings (SSSR count). The van der Waals surface area contributed by atoms with Gasteiger partial charge in [0.2, 0.25) is 10.0 Å². The van der Waals surface area contributed by atoms with Gasteiger partial charge in [0.15, 0.2) is 12.2 Å². The number of piperidine rings is 1. The molecule has 2 aliphatic heterocycles. The third kappa shape index (κ3) is 5.90. The van der Waals surface area contributed by atoms with Crippen molar-refractivity contribution in [3.63, 3.8) is 0 Å². The Kier molecular flexibility index (Phi) is 7.21. The molecule has 0 saturated carbocycles. The van der Waals surface area contributed by atoms with Gasteiger partial charge in [0, 0.05) is 19.6 Å². The molecule has 186 valence electrons. The number of hydrogen-bond donors (Lipinski definition) is 2. The van der Waals surface area contributed by atoms with Crippen LogP contribution >= 0.6 is 0 Å². The molecule has 0 amide bonds. The summed E-state index contributed by atoms with van der Waals surface area (Å²) in [5.41, 5.74) is 5.41. The number of benzene rings is 1. The minimum Gasteiger partial charge on any atom is -0.406 e. The first kappa shape index (κ1) is 25.6. The van der Waals surface area contributed by atoms with E-state index in [0.29, 0.717) is 37.7 Å². The van der Waals surface area contributed by atoms with E-state index in [-0.39, 0.29) is 23.9 Å². The molecule has 2 unspecified atom stereocenters. The van der Waals surface area contributed by atoms with E-state index in [0.717, 1.165) is 24.3 Å². The maximum Gasteiger partial charge on any atom is 0.573 e. The van der Waals surface area contributed by atoms with E-state index in [1.54, 1.807) is 4.90 Å². The van der Waals surface area contributed by atoms with Crippen molar-refractivity contribution < 1.29 is 31.4 Å². The van der Waals surface area contributed by atoms with E-state index in [1.165, 1.54) is 4.31 Å². The summed E-state index contributed by atoms with van der Waals surface area (Å²) in [5, 5.41) is 10.8. The lowest BCUT2D eigenvalue weighted by atomic mass is 9.89. The van der Waals surface area contributed by atoms with Gasteiger partial charge >= 0.3 is 6.36 Å². The van der Waals surface area contributed by atoms with Gasteiger partial charge in [-0.2, -0.15) is 4.31 Å². The van der Waals surface area contributed by atoms with Gasteiger partial charge in [-0.05, 0) is 62.3 Å². The quantitative estimate of drug-likeness (QED) is 0.606. The van der Waals surface area contributed by atoms with Crippen molar-refractivity contribution in [3.8, 4) is 5.75 Å². The Morgan fingerprint density at radius 3 is 2.33 bits per heavy atom. The average Bonchev–Trinajstić information content (AvgIpc) is 2.89. The molecule has 1 aromatic carbocycles. The zero-order chi connectivity index (χ0) is 24.6. The third-order valence-corrected chi connectivity index (χ3v) is 7.97. The van der Waals surface area contributed by atoms with Crippen LogP contribution < -0.4 is 10.5 Å². The van der Waals surface area contributed by atoms with Crippen LogP contribution in [0.25, 0.3) is 0 Å². The van der Waals surface area contributed by atoms with Crippen molar-refractivity contribution >= 4 is 16.0 Å². The number of hydrogen-bond acceptors (Lipinski definition) is 7. The largest absolute Gasteiger partial charge is 0.573 e. The van der Waals surface area contributed by atoms with Gasteiger partial charge in [-0.1, -0.05) is 13.8 Å². The summed E-state index contributed by atoms with van der Waals surface area (Å²) in [7, 11) is -3.84. The van der Waals surface area contributed by atoms with Crippen LogP contribution in [0.5, 0.6) is 5.75 Å². The third-order valence-electron chi connectivity index (χ3n) is 6.06. The fraction of sp³-hybridized carbons (Fsp3) is 0.667. The standard InChI is InChI=1S/C21H31F3N4O4S/c1-14(2)12-20(3)18(29)28(19(25)26-20)13-15-8-10-27(11-9-15)33(30,31)17-6-4-16(5-7-17)32-21(22,23)24/h4-7,14-15,18,29H,8-13H2,1-3H3,(H2,25,26). The zero-order valence-electron chi connectivity index (χ0n) is 18.9. The van der Waals surface area contributed by atoms with Crippen molar-refractivity contribution in [1.82, 2.24) is 9.21 Å². The Labute approximate surface area is 192 Å². The Morgan fingerprint density at radius 2 is 1.82 bits per heavy atom. The van der Waals surface area contributed by atoms with E-state index in [9.17, 15) is 26.7 Å². The van der Waals surface area contributed by atoms with Crippen LogP contribution in [0.4, 0.5) is 13.2 Å². The molecule has 2 heterocycles. The molecule has 33 heavy (non-hydrogen) atoms. The predicted molar refractivity (Wildman–Crippen MR) is 117 cm³/mol. The summed E-state index contributed by atoms with van der Waals surface area (Å²) >= 11 is 0. The predicted octanol–water partition coefficient (Wildman–Crippen LogP) is 2.74. The highest BCUT2D eigenvalue weighted by Gasteiger charge is 2.45. The van der Waals surface area contributed by atoms with Crippen LogP contribution in [0.3, 0.4) is 0 Å². The molecule has 1 fully saturated rings. The van der Waals surface area contributed by atoms with E-state index in [1.807, 2.05) is 6.92 Å². The van der Waals surface area contributed by atoms with Crippen molar-refractivity contribution in [2.24, 2.45) is 22.6 Å². The van der Waals surface area contributed by atoms with Crippen LogP contribution in [0.15, 0.2) is 34.2 Å². The van der Waals surface area contributed by atoms with Gasteiger partial charge in [-0.3, -0.25) is 0 Å². The first-order valence-corrected chi connectivity index (χ1v) is 12.3. The summed E-state index contributed by atoms with van der Waals surface area (Å²) in [6, 6.07) is 4.18. The minimum absolute atomic E-state index is 0.0914.